The first-order chi connectivity index (χ1) is 16.5. The topological polar surface area (TPSA) is 84.8 Å². The molecule has 1 N–H and O–H groups in total. The fourth-order valence-electron chi connectivity index (χ4n) is 3.47. The summed E-state index contributed by atoms with van der Waals surface area (Å²) < 4.78 is 20.7. The van der Waals surface area contributed by atoms with Crippen LogP contribution in [0.2, 0.25) is 0 Å². The van der Waals surface area contributed by atoms with Crippen LogP contribution in [-0.4, -0.2) is 37.8 Å². The van der Waals surface area contributed by atoms with E-state index in [4.69, 9.17) is 16.0 Å². The summed E-state index contributed by atoms with van der Waals surface area (Å²) in [7, 11) is 0. The van der Waals surface area contributed by atoms with Gasteiger partial charge in [0.1, 0.15) is 11.6 Å². The van der Waals surface area contributed by atoms with Crippen LogP contribution in [0.15, 0.2) is 64.1 Å². The number of carbonyl (C=O) groups is 1. The van der Waals surface area contributed by atoms with E-state index in [1.165, 1.54) is 23.9 Å². The van der Waals surface area contributed by atoms with Gasteiger partial charge in [0, 0.05) is 11.4 Å². The molecule has 0 bridgehead atoms. The third-order valence-corrected chi connectivity index (χ3v) is 6.10. The van der Waals surface area contributed by atoms with Gasteiger partial charge in [-0.25, -0.2) is 14.4 Å². The highest BCUT2D eigenvalue weighted by Gasteiger charge is 2.21. The summed E-state index contributed by atoms with van der Waals surface area (Å²) >= 11 is 7.18. The molecular formula is C24H23ClFN5O2S. The molecule has 0 fully saturated rings. The second kappa shape index (κ2) is 10.8. The summed E-state index contributed by atoms with van der Waals surface area (Å²) in [6, 6.07) is 13.3. The lowest BCUT2D eigenvalue weighted by Gasteiger charge is -2.17. The zero-order valence-corrected chi connectivity index (χ0v) is 20.2. The highest BCUT2D eigenvalue weighted by molar-refractivity contribution is 8.13. The number of amidine groups is 1. The Kier molecular flexibility index (Phi) is 7.64. The number of alkyl halides is 1. The van der Waals surface area contributed by atoms with Crippen molar-refractivity contribution in [2.75, 3.05) is 12.1 Å². The van der Waals surface area contributed by atoms with Crippen molar-refractivity contribution in [2.45, 2.75) is 25.7 Å². The fourth-order valence-corrected chi connectivity index (χ4v) is 4.03. The number of halogens is 2. The minimum absolute atomic E-state index is 0.207. The summed E-state index contributed by atoms with van der Waals surface area (Å²) in [6.45, 7) is 1.85. The van der Waals surface area contributed by atoms with Crippen molar-refractivity contribution >= 4 is 45.8 Å². The minimum Gasteiger partial charge on any atom is -0.417 e. The zero-order chi connectivity index (χ0) is 24.1. The lowest BCUT2D eigenvalue weighted by molar-refractivity contribution is -0.121. The zero-order valence-electron chi connectivity index (χ0n) is 18.7. The van der Waals surface area contributed by atoms with E-state index in [-0.39, 0.29) is 11.7 Å². The van der Waals surface area contributed by atoms with Crippen LogP contribution in [-0.2, 0) is 4.79 Å². The molecule has 2 aromatic heterocycles. The smallest absolute Gasteiger partial charge is 0.246 e. The maximum Gasteiger partial charge on any atom is 0.246 e. The van der Waals surface area contributed by atoms with E-state index in [1.54, 1.807) is 22.8 Å². The van der Waals surface area contributed by atoms with E-state index in [1.807, 2.05) is 37.4 Å². The number of benzene rings is 2. The van der Waals surface area contributed by atoms with Gasteiger partial charge in [0.2, 0.25) is 17.5 Å². The average molecular weight is 500 g/mol. The van der Waals surface area contributed by atoms with E-state index >= 15 is 0 Å². The number of rotatable bonds is 7. The maximum absolute atomic E-state index is 13.3. The van der Waals surface area contributed by atoms with E-state index in [2.05, 4.69) is 20.4 Å². The van der Waals surface area contributed by atoms with Crippen LogP contribution < -0.4 is 5.32 Å². The molecule has 7 nitrogen and oxygen atoms in total. The van der Waals surface area contributed by atoms with Gasteiger partial charge in [-0.2, -0.15) is 4.52 Å². The summed E-state index contributed by atoms with van der Waals surface area (Å²) in [6.07, 6.45) is 4.68. The number of amides is 1. The summed E-state index contributed by atoms with van der Waals surface area (Å²) in [4.78, 5) is 21.8. The second-order valence-corrected chi connectivity index (χ2v) is 8.73. The first-order valence-corrected chi connectivity index (χ1v) is 12.4. The molecule has 1 atom stereocenters. The molecule has 0 aliphatic carbocycles. The van der Waals surface area contributed by atoms with Crippen LogP contribution in [0.4, 0.5) is 10.1 Å². The van der Waals surface area contributed by atoms with Gasteiger partial charge in [-0.15, -0.1) is 16.7 Å². The van der Waals surface area contributed by atoms with Crippen molar-refractivity contribution in [3.8, 4) is 11.5 Å². The first kappa shape index (κ1) is 24.0. The molecule has 0 aliphatic rings. The number of fused-ring (bicyclic) bond motifs is 1. The van der Waals surface area contributed by atoms with Gasteiger partial charge < -0.3 is 9.73 Å². The molecule has 4 rings (SSSR count). The Morgan fingerprint density at radius 3 is 2.62 bits per heavy atom. The predicted molar refractivity (Wildman–Crippen MR) is 133 cm³/mol. The lowest BCUT2D eigenvalue weighted by atomic mass is 9.93. The van der Waals surface area contributed by atoms with Gasteiger partial charge >= 0.3 is 0 Å². The van der Waals surface area contributed by atoms with E-state index in [0.717, 1.165) is 17.0 Å². The largest absolute Gasteiger partial charge is 0.417 e. The Morgan fingerprint density at radius 2 is 1.97 bits per heavy atom. The molecule has 0 saturated carbocycles. The highest BCUT2D eigenvalue weighted by Crippen LogP contribution is 2.25. The average Bonchev–Trinajstić information content (AvgIpc) is 3.42. The lowest BCUT2D eigenvalue weighted by Crippen LogP contribution is -2.33. The van der Waals surface area contributed by atoms with Crippen molar-refractivity contribution in [1.29, 1.82) is 0 Å². The molecule has 4 aromatic rings. The number of thioether (sulfide) groups is 1. The molecule has 0 aliphatic heterocycles. The van der Waals surface area contributed by atoms with Crippen molar-refractivity contribution < 1.29 is 13.6 Å². The van der Waals surface area contributed by atoms with Gasteiger partial charge in [-0.1, -0.05) is 23.9 Å². The summed E-state index contributed by atoms with van der Waals surface area (Å²) in [5.41, 5.74) is 2.78. The molecule has 0 spiro atoms. The molecule has 2 heterocycles. The number of carbonyl (C=O) groups excluding carboxylic acids is 1. The number of imidazole rings is 1. The molecule has 0 radical (unpaired) electrons. The van der Waals surface area contributed by atoms with Crippen molar-refractivity contribution in [3.05, 3.63) is 71.9 Å². The molecular weight excluding hydrogens is 477 g/mol. The van der Waals surface area contributed by atoms with E-state index in [0.29, 0.717) is 41.2 Å². The van der Waals surface area contributed by atoms with Crippen LogP contribution in [0.25, 0.3) is 17.2 Å². The van der Waals surface area contributed by atoms with Crippen molar-refractivity contribution in [1.82, 2.24) is 19.9 Å². The number of nitrogens with zero attached hydrogens (tertiary/aromatic N) is 4. The van der Waals surface area contributed by atoms with Crippen molar-refractivity contribution in [2.24, 2.45) is 4.99 Å². The third kappa shape index (κ3) is 5.48. The number of aromatic nitrogens is 3. The number of nitrogens with one attached hydrogen (secondary N) is 1. The Labute approximate surface area is 205 Å². The Bertz CT molecular complexity index is 1300. The molecule has 10 heteroatoms. The SMILES string of the molecule is CSC(=Nc1ccc(-c2nn3c(C)ncc3o2)cc1)NC(=O)C(CCCCl)c1ccc(F)cc1. The van der Waals surface area contributed by atoms with Gasteiger partial charge in [-0.05, 0) is 68.0 Å². The number of aliphatic imine (C=N–C) groups is 1. The quantitative estimate of drug-likeness (QED) is 0.200. The normalized spacial score (nSPS) is 12.8. The summed E-state index contributed by atoms with van der Waals surface area (Å²) in [5.74, 6) is 0.669. The molecule has 34 heavy (non-hydrogen) atoms. The van der Waals surface area contributed by atoms with Gasteiger partial charge in [0.25, 0.3) is 0 Å². The predicted octanol–water partition coefficient (Wildman–Crippen LogP) is 5.71. The maximum atomic E-state index is 13.3. The molecule has 1 amide bonds. The van der Waals surface area contributed by atoms with Crippen LogP contribution in [0.5, 0.6) is 0 Å². The van der Waals surface area contributed by atoms with Gasteiger partial charge in [0.15, 0.2) is 5.17 Å². The highest BCUT2D eigenvalue weighted by atomic mass is 35.5. The number of hydrogen-bond acceptors (Lipinski definition) is 6. The minimum atomic E-state index is -0.452. The Hall–Kier alpha value is -3.17. The third-order valence-electron chi connectivity index (χ3n) is 5.25. The van der Waals surface area contributed by atoms with E-state index in [9.17, 15) is 9.18 Å². The second-order valence-electron chi connectivity index (χ2n) is 7.56. The number of hydrogen-bond donors (Lipinski definition) is 1. The standard InChI is InChI=1S/C24H23ClFN5O2S/c1-15-27-14-21-31(15)30-23(33-21)17-7-11-19(12-8-17)28-24(34-2)29-22(32)20(4-3-13-25)16-5-9-18(26)10-6-16/h5-12,14,20H,3-4,13H2,1-2H3,(H,28,29,32). The number of aryl methyl sites for hydroxylation is 1. The van der Waals surface area contributed by atoms with Gasteiger partial charge in [0.05, 0.1) is 17.8 Å². The van der Waals surface area contributed by atoms with Gasteiger partial charge in [-0.3, -0.25) is 4.79 Å². The summed E-state index contributed by atoms with van der Waals surface area (Å²) in [5, 5.41) is 7.79. The van der Waals surface area contributed by atoms with Crippen LogP contribution in [0.3, 0.4) is 0 Å². The molecule has 2 aromatic carbocycles. The molecule has 1 unspecified atom stereocenters. The molecule has 176 valence electrons. The van der Waals surface area contributed by atoms with Crippen LogP contribution in [0, 0.1) is 12.7 Å². The monoisotopic (exact) mass is 499 g/mol. The van der Waals surface area contributed by atoms with E-state index < -0.39 is 5.92 Å². The first-order valence-electron chi connectivity index (χ1n) is 10.6. The fraction of sp³-hybridized carbons (Fsp3) is 0.250. The Balaban J connectivity index is 1.50. The van der Waals surface area contributed by atoms with Crippen LogP contribution >= 0.6 is 23.4 Å². The van der Waals surface area contributed by atoms with Crippen LogP contribution in [0.1, 0.15) is 30.1 Å². The molecule has 0 saturated heterocycles. The van der Waals surface area contributed by atoms with Crippen molar-refractivity contribution in [3.63, 3.8) is 0 Å². The Morgan fingerprint density at radius 1 is 1.24 bits per heavy atom.